The molecule has 1 aromatic carbocycles. The number of hydrogen-bond donors (Lipinski definition) is 1. The fourth-order valence-corrected chi connectivity index (χ4v) is 2.28. The van der Waals surface area contributed by atoms with E-state index < -0.39 is 0 Å². The summed E-state index contributed by atoms with van der Waals surface area (Å²) in [4.78, 5) is 2.33. The summed E-state index contributed by atoms with van der Waals surface area (Å²) in [6.45, 7) is 6.82. The Hall–Kier alpha value is -0.900. The summed E-state index contributed by atoms with van der Waals surface area (Å²) in [6, 6.07) is 8.84. The molecular formula is C15H26N2O. The molecule has 0 fully saturated rings. The van der Waals surface area contributed by atoms with E-state index in [-0.39, 0.29) is 0 Å². The van der Waals surface area contributed by atoms with E-state index >= 15 is 0 Å². The zero-order chi connectivity index (χ0) is 13.5. The number of hydrogen-bond acceptors (Lipinski definition) is 3. The summed E-state index contributed by atoms with van der Waals surface area (Å²) in [5, 5.41) is 0. The van der Waals surface area contributed by atoms with E-state index in [0.29, 0.717) is 25.1 Å². The number of benzene rings is 1. The molecule has 3 heteroatoms. The van der Waals surface area contributed by atoms with Crippen molar-refractivity contribution in [3.63, 3.8) is 0 Å². The van der Waals surface area contributed by atoms with E-state index in [1.165, 1.54) is 11.1 Å². The average molecular weight is 250 g/mol. The van der Waals surface area contributed by atoms with Gasteiger partial charge >= 0.3 is 0 Å². The molecule has 0 saturated carbocycles. The molecule has 2 N–H and O–H groups in total. The van der Waals surface area contributed by atoms with Gasteiger partial charge in [-0.2, -0.15) is 0 Å². The molecule has 1 unspecified atom stereocenters. The van der Waals surface area contributed by atoms with Crippen LogP contribution in [0.3, 0.4) is 0 Å². The minimum atomic E-state index is 0.295. The molecule has 1 aromatic rings. The SMILES string of the molecule is COCc1ccc(C(CN)N(C)CC(C)C)cc1. The zero-order valence-electron chi connectivity index (χ0n) is 12.0. The van der Waals surface area contributed by atoms with Crippen LogP contribution in [0.4, 0.5) is 0 Å². The molecule has 1 rings (SSSR count). The molecule has 0 bridgehead atoms. The lowest BCUT2D eigenvalue weighted by molar-refractivity contribution is 0.184. The van der Waals surface area contributed by atoms with Crippen molar-refractivity contribution in [1.82, 2.24) is 4.90 Å². The molecule has 18 heavy (non-hydrogen) atoms. The third-order valence-corrected chi connectivity index (χ3v) is 3.08. The van der Waals surface area contributed by atoms with Crippen molar-refractivity contribution in [2.24, 2.45) is 11.7 Å². The number of nitrogens with two attached hydrogens (primary N) is 1. The Morgan fingerprint density at radius 3 is 2.28 bits per heavy atom. The highest BCUT2D eigenvalue weighted by Gasteiger charge is 2.15. The van der Waals surface area contributed by atoms with Crippen LogP contribution < -0.4 is 5.73 Å². The Morgan fingerprint density at radius 1 is 1.22 bits per heavy atom. The van der Waals surface area contributed by atoms with Crippen LogP contribution in [-0.2, 0) is 11.3 Å². The highest BCUT2D eigenvalue weighted by atomic mass is 16.5. The summed E-state index contributed by atoms with van der Waals surface area (Å²) < 4.78 is 5.12. The van der Waals surface area contributed by atoms with Crippen LogP contribution in [0.25, 0.3) is 0 Å². The molecule has 3 nitrogen and oxygen atoms in total. The van der Waals surface area contributed by atoms with Crippen LogP contribution in [0.1, 0.15) is 31.0 Å². The molecule has 0 aromatic heterocycles. The highest BCUT2D eigenvalue weighted by molar-refractivity contribution is 5.25. The second kappa shape index (κ2) is 7.52. The number of likely N-dealkylation sites (N-methyl/N-ethyl adjacent to an activating group) is 1. The summed E-state index contributed by atoms with van der Waals surface area (Å²) >= 11 is 0. The molecule has 0 saturated heterocycles. The summed E-state index contributed by atoms with van der Waals surface area (Å²) in [5.74, 6) is 0.650. The first-order valence-electron chi connectivity index (χ1n) is 6.56. The number of nitrogens with zero attached hydrogens (tertiary/aromatic N) is 1. The molecule has 0 aliphatic rings. The topological polar surface area (TPSA) is 38.5 Å². The van der Waals surface area contributed by atoms with Crippen molar-refractivity contribution in [1.29, 1.82) is 0 Å². The van der Waals surface area contributed by atoms with Crippen molar-refractivity contribution in [3.05, 3.63) is 35.4 Å². The highest BCUT2D eigenvalue weighted by Crippen LogP contribution is 2.20. The lowest BCUT2D eigenvalue weighted by Gasteiger charge is -2.29. The number of ether oxygens (including phenoxy) is 1. The third kappa shape index (κ3) is 4.41. The van der Waals surface area contributed by atoms with Crippen molar-refractivity contribution < 1.29 is 4.74 Å². The first-order valence-corrected chi connectivity index (χ1v) is 6.56. The van der Waals surface area contributed by atoms with Gasteiger partial charge in [-0.3, -0.25) is 4.90 Å². The van der Waals surface area contributed by atoms with Gasteiger partial charge in [0.1, 0.15) is 0 Å². The van der Waals surface area contributed by atoms with Crippen LogP contribution in [0.15, 0.2) is 24.3 Å². The van der Waals surface area contributed by atoms with Crippen molar-refractivity contribution in [2.45, 2.75) is 26.5 Å². The number of rotatable bonds is 7. The van der Waals surface area contributed by atoms with Crippen molar-refractivity contribution in [2.75, 3.05) is 27.2 Å². The first-order chi connectivity index (χ1) is 8.58. The van der Waals surface area contributed by atoms with Gasteiger partial charge in [-0.25, -0.2) is 0 Å². The van der Waals surface area contributed by atoms with Crippen LogP contribution in [0.5, 0.6) is 0 Å². The molecule has 1 atom stereocenters. The Kier molecular flexibility index (Phi) is 6.33. The maximum Gasteiger partial charge on any atom is 0.0713 e. The standard InChI is InChI=1S/C15H26N2O/c1-12(2)10-17(3)15(9-16)14-7-5-13(6-8-14)11-18-4/h5-8,12,15H,9-11,16H2,1-4H3. The van der Waals surface area contributed by atoms with Gasteiger partial charge in [0.2, 0.25) is 0 Å². The minimum Gasteiger partial charge on any atom is -0.380 e. The van der Waals surface area contributed by atoms with Gasteiger partial charge in [-0.05, 0) is 24.1 Å². The predicted octanol–water partition coefficient (Wildman–Crippen LogP) is 2.42. The van der Waals surface area contributed by atoms with Crippen LogP contribution in [0, 0.1) is 5.92 Å². The Bertz CT molecular complexity index is 335. The van der Waals surface area contributed by atoms with E-state index in [1.54, 1.807) is 7.11 Å². The summed E-state index contributed by atoms with van der Waals surface area (Å²) in [5.41, 5.74) is 8.39. The van der Waals surface area contributed by atoms with Gasteiger partial charge < -0.3 is 10.5 Å². The number of methoxy groups -OCH3 is 1. The molecular weight excluding hydrogens is 224 g/mol. The predicted molar refractivity (Wildman–Crippen MR) is 76.4 cm³/mol. The Balaban J connectivity index is 2.75. The monoisotopic (exact) mass is 250 g/mol. The maximum atomic E-state index is 5.91. The fraction of sp³-hybridized carbons (Fsp3) is 0.600. The maximum absolute atomic E-state index is 5.91. The van der Waals surface area contributed by atoms with E-state index in [1.807, 2.05) is 0 Å². The van der Waals surface area contributed by atoms with Gasteiger partial charge in [0, 0.05) is 26.2 Å². The molecule has 102 valence electrons. The van der Waals surface area contributed by atoms with Gasteiger partial charge in [0.25, 0.3) is 0 Å². The largest absolute Gasteiger partial charge is 0.380 e. The minimum absolute atomic E-state index is 0.295. The van der Waals surface area contributed by atoms with E-state index in [4.69, 9.17) is 10.5 Å². The smallest absolute Gasteiger partial charge is 0.0713 e. The van der Waals surface area contributed by atoms with Crippen molar-refractivity contribution in [3.8, 4) is 0 Å². The van der Waals surface area contributed by atoms with E-state index in [2.05, 4.69) is 50.1 Å². The first kappa shape index (κ1) is 15.2. The van der Waals surface area contributed by atoms with Gasteiger partial charge in [0.15, 0.2) is 0 Å². The molecule has 0 aliphatic heterocycles. The van der Waals surface area contributed by atoms with Gasteiger partial charge in [-0.15, -0.1) is 0 Å². The normalized spacial score (nSPS) is 13.3. The summed E-state index contributed by atoms with van der Waals surface area (Å²) in [6.07, 6.45) is 0. The quantitative estimate of drug-likeness (QED) is 0.807. The third-order valence-electron chi connectivity index (χ3n) is 3.08. The lowest BCUT2D eigenvalue weighted by Crippen LogP contribution is -2.33. The molecule has 0 aliphatic carbocycles. The zero-order valence-corrected chi connectivity index (χ0v) is 12.0. The Morgan fingerprint density at radius 2 is 1.83 bits per heavy atom. The second-order valence-electron chi connectivity index (χ2n) is 5.26. The van der Waals surface area contributed by atoms with Gasteiger partial charge in [0.05, 0.1) is 6.61 Å². The Labute approximate surface area is 111 Å². The molecule has 0 radical (unpaired) electrons. The van der Waals surface area contributed by atoms with Crippen LogP contribution in [0.2, 0.25) is 0 Å². The fourth-order valence-electron chi connectivity index (χ4n) is 2.28. The molecule has 0 spiro atoms. The molecule has 0 heterocycles. The summed E-state index contributed by atoms with van der Waals surface area (Å²) in [7, 11) is 3.85. The van der Waals surface area contributed by atoms with Gasteiger partial charge in [-0.1, -0.05) is 38.1 Å². The van der Waals surface area contributed by atoms with Crippen LogP contribution >= 0.6 is 0 Å². The average Bonchev–Trinajstić information content (AvgIpc) is 2.31. The van der Waals surface area contributed by atoms with Crippen molar-refractivity contribution >= 4 is 0 Å². The lowest BCUT2D eigenvalue weighted by atomic mass is 10.0. The second-order valence-corrected chi connectivity index (χ2v) is 5.26. The van der Waals surface area contributed by atoms with E-state index in [9.17, 15) is 0 Å². The molecule has 0 amide bonds. The van der Waals surface area contributed by atoms with Crippen LogP contribution in [-0.4, -0.2) is 32.1 Å². The van der Waals surface area contributed by atoms with E-state index in [0.717, 1.165) is 6.54 Å².